The zero-order valence-corrected chi connectivity index (χ0v) is 16.9. The summed E-state index contributed by atoms with van der Waals surface area (Å²) in [5.74, 6) is -2.68. The third-order valence-electron chi connectivity index (χ3n) is 4.78. The fourth-order valence-corrected chi connectivity index (χ4v) is 3.35. The predicted octanol–water partition coefficient (Wildman–Crippen LogP) is 6.10. The zero-order chi connectivity index (χ0) is 20.8. The number of halogens is 2. The Balaban J connectivity index is 2.47. The summed E-state index contributed by atoms with van der Waals surface area (Å²) in [5, 5.41) is 8.52. The summed E-state index contributed by atoms with van der Waals surface area (Å²) in [6, 6.07) is 2.94. The maximum Gasteiger partial charge on any atom is 0.170 e. The van der Waals surface area contributed by atoms with E-state index in [-0.39, 0.29) is 17.2 Å². The van der Waals surface area contributed by atoms with Gasteiger partial charge in [0.25, 0.3) is 0 Å². The van der Waals surface area contributed by atoms with E-state index in [4.69, 9.17) is 0 Å². The Morgan fingerprint density at radius 3 is 2.25 bits per heavy atom. The van der Waals surface area contributed by atoms with Gasteiger partial charge >= 0.3 is 0 Å². The summed E-state index contributed by atoms with van der Waals surface area (Å²) >= 11 is 0. The first kappa shape index (κ1) is 21.7. The Bertz CT molecular complexity index is 893. The van der Waals surface area contributed by atoms with E-state index in [0.29, 0.717) is 11.3 Å². The lowest BCUT2D eigenvalue weighted by atomic mass is 10.0. The highest BCUT2D eigenvalue weighted by atomic mass is 19.2. The summed E-state index contributed by atoms with van der Waals surface area (Å²) in [6.07, 6.45) is 7.36. The maximum absolute atomic E-state index is 14.5. The minimum Gasteiger partial charge on any atom is -0.294 e. The van der Waals surface area contributed by atoms with E-state index in [9.17, 15) is 13.6 Å². The number of Topliss-reactive ketones (excluding diaryl/α,β-unsaturated/α-hetero) is 1. The van der Waals surface area contributed by atoms with Crippen LogP contribution < -0.4 is 0 Å². The summed E-state index contributed by atoms with van der Waals surface area (Å²) in [5.41, 5.74) is 1.64. The van der Waals surface area contributed by atoms with Crippen LogP contribution in [0.4, 0.5) is 8.78 Å². The molecule has 2 rings (SSSR count). The molecule has 2 aromatic rings. The lowest BCUT2D eigenvalue weighted by molar-refractivity contribution is 0.101. The number of ketones is 1. The average Bonchev–Trinajstić information content (AvgIpc) is 3.05. The van der Waals surface area contributed by atoms with Crippen LogP contribution in [0.5, 0.6) is 0 Å². The number of allylic oxidation sites excluding steroid dienone is 1. The number of benzene rings is 1. The van der Waals surface area contributed by atoms with Gasteiger partial charge < -0.3 is 0 Å². The van der Waals surface area contributed by atoms with Crippen LogP contribution in [-0.4, -0.2) is 20.8 Å². The average molecular weight is 387 g/mol. The molecule has 0 bridgehead atoms. The molecule has 0 saturated carbocycles. The molecule has 0 aliphatic carbocycles. The second-order valence-corrected chi connectivity index (χ2v) is 6.91. The Hall–Kier alpha value is -2.63. The standard InChI is InChI=1S/C22H27F2N3O/c1-6-9-16(10-7-2)27-20(8-3)19(25-26-27)13-14(4)17-11-12-18(15(5)28)22(24)21(17)23/h8,11-13,16H,3,6-7,9-10H2,1-2,4-5H3/b14-13+. The quantitative estimate of drug-likeness (QED) is 0.488. The van der Waals surface area contributed by atoms with Gasteiger partial charge in [-0.1, -0.05) is 44.5 Å². The molecule has 0 saturated heterocycles. The second-order valence-electron chi connectivity index (χ2n) is 6.91. The molecule has 0 spiro atoms. The number of carbonyl (C=O) groups is 1. The molecule has 1 aromatic heterocycles. The Kier molecular flexibility index (Phi) is 7.38. The molecule has 0 aliphatic rings. The van der Waals surface area contributed by atoms with Crippen LogP contribution in [0.2, 0.25) is 0 Å². The molecule has 150 valence electrons. The summed E-state index contributed by atoms with van der Waals surface area (Å²) in [4.78, 5) is 11.4. The number of hydrogen-bond donors (Lipinski definition) is 0. The largest absolute Gasteiger partial charge is 0.294 e. The summed E-state index contributed by atoms with van der Waals surface area (Å²) in [6.45, 7) is 11.0. The first-order chi connectivity index (χ1) is 13.3. The van der Waals surface area contributed by atoms with Crippen LogP contribution in [0.3, 0.4) is 0 Å². The number of aromatic nitrogens is 3. The highest BCUT2D eigenvalue weighted by molar-refractivity contribution is 5.95. The summed E-state index contributed by atoms with van der Waals surface area (Å²) in [7, 11) is 0. The maximum atomic E-state index is 14.5. The zero-order valence-electron chi connectivity index (χ0n) is 16.9. The molecule has 0 amide bonds. The lowest BCUT2D eigenvalue weighted by Gasteiger charge is -2.17. The van der Waals surface area contributed by atoms with Crippen molar-refractivity contribution in [3.05, 3.63) is 52.9 Å². The first-order valence-electron chi connectivity index (χ1n) is 9.60. The van der Waals surface area contributed by atoms with Crippen molar-refractivity contribution in [3.63, 3.8) is 0 Å². The van der Waals surface area contributed by atoms with Crippen molar-refractivity contribution >= 4 is 23.5 Å². The second kappa shape index (κ2) is 9.53. The van der Waals surface area contributed by atoms with Crippen LogP contribution in [0.15, 0.2) is 18.7 Å². The van der Waals surface area contributed by atoms with Gasteiger partial charge in [0.2, 0.25) is 0 Å². The van der Waals surface area contributed by atoms with Gasteiger partial charge in [0.05, 0.1) is 17.3 Å². The molecule has 0 atom stereocenters. The molecule has 1 aromatic carbocycles. The van der Waals surface area contributed by atoms with Crippen molar-refractivity contribution in [2.24, 2.45) is 0 Å². The molecule has 6 heteroatoms. The van der Waals surface area contributed by atoms with E-state index < -0.39 is 17.4 Å². The normalized spacial score (nSPS) is 11.9. The molecular weight excluding hydrogens is 360 g/mol. The van der Waals surface area contributed by atoms with Crippen molar-refractivity contribution in [1.82, 2.24) is 15.0 Å². The fraction of sp³-hybridized carbons (Fsp3) is 0.409. The van der Waals surface area contributed by atoms with Gasteiger partial charge in [0.1, 0.15) is 5.69 Å². The molecule has 0 N–H and O–H groups in total. The van der Waals surface area contributed by atoms with Gasteiger partial charge in [-0.2, -0.15) is 0 Å². The van der Waals surface area contributed by atoms with Crippen molar-refractivity contribution in [1.29, 1.82) is 0 Å². The Morgan fingerprint density at radius 1 is 1.14 bits per heavy atom. The van der Waals surface area contributed by atoms with Crippen molar-refractivity contribution < 1.29 is 13.6 Å². The van der Waals surface area contributed by atoms with Gasteiger partial charge in [0.15, 0.2) is 17.4 Å². The van der Waals surface area contributed by atoms with Crippen LogP contribution in [0.1, 0.15) is 86.7 Å². The number of carbonyl (C=O) groups excluding carboxylic acids is 1. The molecular formula is C22H27F2N3O. The van der Waals surface area contributed by atoms with Gasteiger partial charge in [-0.3, -0.25) is 4.79 Å². The minimum absolute atomic E-state index is 0.0886. The number of rotatable bonds is 9. The van der Waals surface area contributed by atoms with E-state index in [2.05, 4.69) is 30.7 Å². The third kappa shape index (κ3) is 4.43. The van der Waals surface area contributed by atoms with Crippen molar-refractivity contribution in [3.8, 4) is 0 Å². The first-order valence-corrected chi connectivity index (χ1v) is 9.60. The van der Waals surface area contributed by atoms with Gasteiger partial charge in [-0.25, -0.2) is 13.5 Å². The molecule has 1 heterocycles. The monoisotopic (exact) mass is 387 g/mol. The number of nitrogens with zero attached hydrogens (tertiary/aromatic N) is 3. The fourth-order valence-electron chi connectivity index (χ4n) is 3.35. The van der Waals surface area contributed by atoms with Gasteiger partial charge in [0, 0.05) is 5.56 Å². The highest BCUT2D eigenvalue weighted by Crippen LogP contribution is 2.27. The van der Waals surface area contributed by atoms with Gasteiger partial charge in [-0.05, 0) is 50.5 Å². The minimum atomic E-state index is -1.13. The SMILES string of the molecule is C=Cc1c(/C=C(\C)c2ccc(C(C)=O)c(F)c2F)nnn1C(CCC)CCC. The predicted molar refractivity (Wildman–Crippen MR) is 109 cm³/mol. The van der Waals surface area contributed by atoms with E-state index in [1.54, 1.807) is 19.1 Å². The summed E-state index contributed by atoms with van der Waals surface area (Å²) < 4.78 is 30.5. The Labute approximate surface area is 165 Å². The highest BCUT2D eigenvalue weighted by Gasteiger charge is 2.19. The van der Waals surface area contributed by atoms with Crippen LogP contribution in [0.25, 0.3) is 17.7 Å². The van der Waals surface area contributed by atoms with Crippen molar-refractivity contribution in [2.75, 3.05) is 0 Å². The van der Waals surface area contributed by atoms with Gasteiger partial charge in [-0.15, -0.1) is 5.10 Å². The molecule has 0 unspecified atom stereocenters. The molecule has 0 fully saturated rings. The van der Waals surface area contributed by atoms with Crippen molar-refractivity contribution in [2.45, 2.75) is 59.4 Å². The molecule has 28 heavy (non-hydrogen) atoms. The topological polar surface area (TPSA) is 47.8 Å². The lowest BCUT2D eigenvalue weighted by Crippen LogP contribution is -2.12. The number of hydrogen-bond acceptors (Lipinski definition) is 3. The smallest absolute Gasteiger partial charge is 0.170 e. The molecule has 4 nitrogen and oxygen atoms in total. The Morgan fingerprint density at radius 2 is 1.71 bits per heavy atom. The van der Waals surface area contributed by atoms with E-state index >= 15 is 0 Å². The van der Waals surface area contributed by atoms with E-state index in [0.717, 1.165) is 31.4 Å². The van der Waals surface area contributed by atoms with Crippen LogP contribution >= 0.6 is 0 Å². The van der Waals surface area contributed by atoms with Crippen LogP contribution in [0, 0.1) is 11.6 Å². The van der Waals surface area contributed by atoms with E-state index in [1.165, 1.54) is 19.1 Å². The third-order valence-corrected chi connectivity index (χ3v) is 4.78. The molecule has 0 aliphatic heterocycles. The van der Waals surface area contributed by atoms with E-state index in [1.807, 2.05) is 4.68 Å². The molecule has 0 radical (unpaired) electrons. The van der Waals surface area contributed by atoms with Crippen LogP contribution in [-0.2, 0) is 0 Å².